The largest absolute Gasteiger partial charge is 0.305 e. The second kappa shape index (κ2) is 3.65. The van der Waals surface area contributed by atoms with Crippen LogP contribution < -0.4 is 5.56 Å². The van der Waals surface area contributed by atoms with Crippen LogP contribution in [0.25, 0.3) is 11.5 Å². The molecule has 0 aliphatic carbocycles. The summed E-state index contributed by atoms with van der Waals surface area (Å²) < 4.78 is 0. The van der Waals surface area contributed by atoms with Gasteiger partial charge < -0.3 is 4.98 Å². The molecule has 0 aromatic carbocycles. The van der Waals surface area contributed by atoms with E-state index in [-0.39, 0.29) is 5.56 Å². The van der Waals surface area contributed by atoms with Crippen molar-refractivity contribution in [2.24, 2.45) is 0 Å². The molecule has 0 saturated carbocycles. The first-order valence-corrected chi connectivity index (χ1v) is 4.67. The maximum atomic E-state index is 11.2. The number of nitrogens with zero attached hydrogens (tertiary/aromatic N) is 2. The Bertz CT molecular complexity index is 546. The maximum absolute atomic E-state index is 11.2. The van der Waals surface area contributed by atoms with E-state index >= 15 is 0 Å². The van der Waals surface area contributed by atoms with Gasteiger partial charge in [-0.05, 0) is 26.0 Å². The van der Waals surface area contributed by atoms with E-state index in [0.717, 1.165) is 5.69 Å². The lowest BCUT2D eigenvalue weighted by atomic mass is 10.3. The molecule has 0 amide bonds. The van der Waals surface area contributed by atoms with Gasteiger partial charge in [-0.25, -0.2) is 9.97 Å². The number of pyridine rings is 1. The van der Waals surface area contributed by atoms with E-state index in [2.05, 4.69) is 15.0 Å². The molecular formula is C11H11N3O. The van der Waals surface area contributed by atoms with Crippen molar-refractivity contribution in [1.82, 2.24) is 15.0 Å². The summed E-state index contributed by atoms with van der Waals surface area (Å²) in [6.45, 7) is 3.69. The van der Waals surface area contributed by atoms with Crippen LogP contribution in [0.15, 0.2) is 29.1 Å². The third kappa shape index (κ3) is 2.10. The molecular weight excluding hydrogens is 190 g/mol. The summed E-state index contributed by atoms with van der Waals surface area (Å²) in [5, 5.41) is 0. The molecule has 0 unspecified atom stereocenters. The monoisotopic (exact) mass is 201 g/mol. The zero-order chi connectivity index (χ0) is 10.8. The van der Waals surface area contributed by atoms with E-state index in [0.29, 0.717) is 17.2 Å². The fourth-order valence-corrected chi connectivity index (χ4v) is 1.38. The van der Waals surface area contributed by atoms with E-state index in [1.54, 1.807) is 6.92 Å². The van der Waals surface area contributed by atoms with Crippen LogP contribution in [0.3, 0.4) is 0 Å². The molecule has 1 N–H and O–H groups in total. The predicted octanol–water partition coefficient (Wildman–Crippen LogP) is 1.45. The summed E-state index contributed by atoms with van der Waals surface area (Å²) in [5.74, 6) is 0.517. The molecule has 0 aliphatic heterocycles. The first-order chi connectivity index (χ1) is 7.15. The number of aromatic nitrogens is 3. The van der Waals surface area contributed by atoms with E-state index in [1.165, 1.54) is 6.07 Å². The van der Waals surface area contributed by atoms with Crippen LogP contribution in [0.2, 0.25) is 0 Å². The molecule has 2 heterocycles. The van der Waals surface area contributed by atoms with Gasteiger partial charge in [0.05, 0.1) is 0 Å². The Balaban J connectivity index is 2.59. The molecule has 4 nitrogen and oxygen atoms in total. The molecule has 2 aromatic heterocycles. The highest BCUT2D eigenvalue weighted by molar-refractivity contribution is 5.48. The number of nitrogens with one attached hydrogen (secondary N) is 1. The topological polar surface area (TPSA) is 58.6 Å². The highest BCUT2D eigenvalue weighted by Gasteiger charge is 2.02. The van der Waals surface area contributed by atoms with Crippen LogP contribution >= 0.6 is 0 Å². The van der Waals surface area contributed by atoms with Crippen LogP contribution in [-0.2, 0) is 0 Å². The number of aryl methyl sites for hydroxylation is 2. The fraction of sp³-hybridized carbons (Fsp3) is 0.182. The summed E-state index contributed by atoms with van der Waals surface area (Å²) >= 11 is 0. The van der Waals surface area contributed by atoms with Gasteiger partial charge in [0.25, 0.3) is 5.56 Å². The Hall–Kier alpha value is -1.97. The molecule has 0 aliphatic rings. The van der Waals surface area contributed by atoms with Gasteiger partial charge in [-0.2, -0.15) is 0 Å². The van der Waals surface area contributed by atoms with Crippen LogP contribution in [0.4, 0.5) is 0 Å². The average Bonchev–Trinajstić information content (AvgIpc) is 2.16. The Kier molecular flexibility index (Phi) is 2.33. The summed E-state index contributed by atoms with van der Waals surface area (Å²) in [5.41, 5.74) is 2.13. The normalized spacial score (nSPS) is 10.3. The fourth-order valence-electron chi connectivity index (χ4n) is 1.38. The van der Waals surface area contributed by atoms with Gasteiger partial charge in [-0.3, -0.25) is 4.79 Å². The number of hydrogen-bond acceptors (Lipinski definition) is 3. The highest BCUT2D eigenvalue weighted by Crippen LogP contribution is 2.10. The minimum atomic E-state index is -0.152. The van der Waals surface area contributed by atoms with Crippen molar-refractivity contribution in [3.63, 3.8) is 0 Å². The summed E-state index contributed by atoms with van der Waals surface area (Å²) in [7, 11) is 0. The average molecular weight is 201 g/mol. The second-order valence-corrected chi connectivity index (χ2v) is 3.40. The van der Waals surface area contributed by atoms with Gasteiger partial charge in [0, 0.05) is 17.5 Å². The lowest BCUT2D eigenvalue weighted by Crippen LogP contribution is -2.09. The maximum Gasteiger partial charge on any atom is 0.251 e. The minimum Gasteiger partial charge on any atom is -0.305 e. The van der Waals surface area contributed by atoms with Crippen LogP contribution in [0.1, 0.15) is 11.4 Å². The van der Waals surface area contributed by atoms with Crippen molar-refractivity contribution >= 4 is 0 Å². The van der Waals surface area contributed by atoms with Crippen LogP contribution in [-0.4, -0.2) is 15.0 Å². The standard InChI is InChI=1S/C11H11N3O/c1-7-4-3-5-9(12-7)11-13-8(2)6-10(15)14-11/h3-6H,1-2H3,(H,13,14,15). The molecule has 0 atom stereocenters. The van der Waals surface area contributed by atoms with Crippen molar-refractivity contribution in [2.75, 3.05) is 0 Å². The molecule has 0 fully saturated rings. The third-order valence-electron chi connectivity index (χ3n) is 2.00. The first-order valence-electron chi connectivity index (χ1n) is 4.67. The first kappa shape index (κ1) is 9.58. The van der Waals surface area contributed by atoms with E-state index in [9.17, 15) is 4.79 Å². The molecule has 0 radical (unpaired) electrons. The summed E-state index contributed by atoms with van der Waals surface area (Å²) in [6.07, 6.45) is 0. The van der Waals surface area contributed by atoms with Crippen molar-refractivity contribution in [3.05, 3.63) is 46.0 Å². The highest BCUT2D eigenvalue weighted by atomic mass is 16.1. The smallest absolute Gasteiger partial charge is 0.251 e. The second-order valence-electron chi connectivity index (χ2n) is 3.40. The van der Waals surface area contributed by atoms with Gasteiger partial charge in [0.15, 0.2) is 5.82 Å². The Morgan fingerprint density at radius 2 is 1.93 bits per heavy atom. The quantitative estimate of drug-likeness (QED) is 0.759. The van der Waals surface area contributed by atoms with Gasteiger partial charge in [-0.1, -0.05) is 6.07 Å². The van der Waals surface area contributed by atoms with Crippen molar-refractivity contribution in [3.8, 4) is 11.5 Å². The zero-order valence-corrected chi connectivity index (χ0v) is 8.61. The van der Waals surface area contributed by atoms with Crippen LogP contribution in [0.5, 0.6) is 0 Å². The minimum absolute atomic E-state index is 0.152. The van der Waals surface area contributed by atoms with Crippen molar-refractivity contribution < 1.29 is 0 Å². The van der Waals surface area contributed by atoms with Crippen molar-refractivity contribution in [2.45, 2.75) is 13.8 Å². The SMILES string of the molecule is Cc1cccc(-c2nc(C)cc(=O)[nH]2)n1. The summed E-state index contributed by atoms with van der Waals surface area (Å²) in [4.78, 5) is 22.4. The Morgan fingerprint density at radius 1 is 1.13 bits per heavy atom. The van der Waals surface area contributed by atoms with E-state index in [1.807, 2.05) is 25.1 Å². The van der Waals surface area contributed by atoms with E-state index < -0.39 is 0 Å². The van der Waals surface area contributed by atoms with Crippen LogP contribution in [0, 0.1) is 13.8 Å². The molecule has 2 rings (SSSR count). The number of H-pyrrole nitrogens is 1. The molecule has 4 heteroatoms. The number of rotatable bonds is 1. The van der Waals surface area contributed by atoms with Gasteiger partial charge in [-0.15, -0.1) is 0 Å². The zero-order valence-electron chi connectivity index (χ0n) is 8.61. The third-order valence-corrected chi connectivity index (χ3v) is 2.00. The number of hydrogen-bond donors (Lipinski definition) is 1. The molecule has 0 saturated heterocycles. The van der Waals surface area contributed by atoms with Gasteiger partial charge in [0.1, 0.15) is 5.69 Å². The predicted molar refractivity (Wildman–Crippen MR) is 57.6 cm³/mol. The molecule has 76 valence electrons. The summed E-state index contributed by atoms with van der Waals surface area (Å²) in [6, 6.07) is 7.07. The lowest BCUT2D eigenvalue weighted by molar-refractivity contribution is 1.05. The van der Waals surface area contributed by atoms with Gasteiger partial charge >= 0.3 is 0 Å². The Labute approximate surface area is 87.0 Å². The molecule has 0 bridgehead atoms. The number of aromatic amines is 1. The molecule has 2 aromatic rings. The van der Waals surface area contributed by atoms with Gasteiger partial charge in [0.2, 0.25) is 0 Å². The lowest BCUT2D eigenvalue weighted by Gasteiger charge is -2.01. The van der Waals surface area contributed by atoms with E-state index in [4.69, 9.17) is 0 Å². The Morgan fingerprint density at radius 3 is 2.60 bits per heavy atom. The van der Waals surface area contributed by atoms with Crippen molar-refractivity contribution in [1.29, 1.82) is 0 Å². The molecule has 15 heavy (non-hydrogen) atoms. The molecule has 0 spiro atoms.